The van der Waals surface area contributed by atoms with E-state index in [-0.39, 0.29) is 6.10 Å². The molecule has 1 N–H and O–H groups in total. The van der Waals surface area contributed by atoms with Gasteiger partial charge in [0.1, 0.15) is 12.2 Å². The van der Waals surface area contributed by atoms with Crippen molar-refractivity contribution in [2.45, 2.75) is 32.5 Å². The maximum Gasteiger partial charge on any atom is 0.161 e. The largest absolute Gasteiger partial charge is 0.493 e. The van der Waals surface area contributed by atoms with E-state index in [4.69, 9.17) is 9.47 Å². The maximum atomic E-state index is 10.5. The van der Waals surface area contributed by atoms with Gasteiger partial charge < -0.3 is 14.6 Å². The van der Waals surface area contributed by atoms with Crippen LogP contribution in [0.3, 0.4) is 0 Å². The Bertz CT molecular complexity index is 566. The highest BCUT2D eigenvalue weighted by atomic mass is 16.5. The van der Waals surface area contributed by atoms with Crippen LogP contribution in [-0.2, 0) is 0 Å². The number of ether oxygens (including phenoxy) is 2. The molecule has 0 saturated carbocycles. The van der Waals surface area contributed by atoms with Crippen molar-refractivity contribution in [3.8, 4) is 11.5 Å². The monoisotopic (exact) mass is 286 g/mol. The molecule has 0 aliphatic rings. The minimum absolute atomic E-state index is 0.316. The molecule has 0 fully saturated rings. The second-order valence-electron chi connectivity index (χ2n) is 5.07. The van der Waals surface area contributed by atoms with E-state index >= 15 is 0 Å². The highest BCUT2D eigenvalue weighted by molar-refractivity contribution is 5.42. The van der Waals surface area contributed by atoms with Gasteiger partial charge in [0, 0.05) is 0 Å². The molecule has 2 atom stereocenters. The molecule has 0 amide bonds. The number of methoxy groups -OCH3 is 1. The number of hydrogen-bond donors (Lipinski definition) is 1. The fourth-order valence-corrected chi connectivity index (χ4v) is 2.27. The normalized spacial score (nSPS) is 13.5. The number of benzene rings is 2. The molecule has 0 bridgehead atoms. The van der Waals surface area contributed by atoms with Crippen LogP contribution in [0.1, 0.15) is 30.6 Å². The third kappa shape index (κ3) is 3.76. The minimum Gasteiger partial charge on any atom is -0.493 e. The molecule has 0 radical (unpaired) electrons. The van der Waals surface area contributed by atoms with Crippen LogP contribution in [0, 0.1) is 6.92 Å². The quantitative estimate of drug-likeness (QED) is 0.875. The zero-order valence-electron chi connectivity index (χ0n) is 12.7. The van der Waals surface area contributed by atoms with Crippen LogP contribution >= 0.6 is 0 Å². The summed E-state index contributed by atoms with van der Waals surface area (Å²) in [5.74, 6) is 1.35. The molecule has 3 nitrogen and oxygen atoms in total. The lowest BCUT2D eigenvalue weighted by atomic mass is 10.0. The van der Waals surface area contributed by atoms with Crippen molar-refractivity contribution in [1.82, 2.24) is 0 Å². The standard InChI is InChI=1S/C18H22O3/c1-4-15(18(19)14-8-6-5-7-9-14)21-16-11-10-13(2)12-17(16)20-3/h5-12,15,18-19H,4H2,1-3H3. The first-order valence-corrected chi connectivity index (χ1v) is 7.20. The smallest absolute Gasteiger partial charge is 0.161 e. The van der Waals surface area contributed by atoms with Gasteiger partial charge in [-0.1, -0.05) is 43.3 Å². The molecule has 0 aliphatic carbocycles. The van der Waals surface area contributed by atoms with Gasteiger partial charge in [0.05, 0.1) is 7.11 Å². The summed E-state index contributed by atoms with van der Waals surface area (Å²) in [6, 6.07) is 15.4. The molecule has 2 unspecified atom stereocenters. The third-order valence-electron chi connectivity index (χ3n) is 3.49. The van der Waals surface area contributed by atoms with E-state index in [1.54, 1.807) is 7.11 Å². The summed E-state index contributed by atoms with van der Waals surface area (Å²) >= 11 is 0. The number of hydrogen-bond acceptors (Lipinski definition) is 3. The maximum absolute atomic E-state index is 10.5. The summed E-state index contributed by atoms with van der Waals surface area (Å²) in [5.41, 5.74) is 1.96. The molecule has 0 aromatic heterocycles. The summed E-state index contributed by atoms with van der Waals surface area (Å²) in [6.45, 7) is 4.00. The molecule has 0 heterocycles. The van der Waals surface area contributed by atoms with Crippen LogP contribution in [0.5, 0.6) is 11.5 Å². The van der Waals surface area contributed by atoms with E-state index < -0.39 is 6.10 Å². The first-order valence-electron chi connectivity index (χ1n) is 7.20. The average molecular weight is 286 g/mol. The zero-order valence-corrected chi connectivity index (χ0v) is 12.7. The SMILES string of the molecule is CCC(Oc1ccc(C)cc1OC)C(O)c1ccccc1. The molecule has 112 valence electrons. The van der Waals surface area contributed by atoms with Gasteiger partial charge >= 0.3 is 0 Å². The predicted molar refractivity (Wildman–Crippen MR) is 83.8 cm³/mol. The van der Waals surface area contributed by atoms with Gasteiger partial charge in [-0.05, 0) is 36.6 Å². The Morgan fingerprint density at radius 2 is 1.76 bits per heavy atom. The van der Waals surface area contributed by atoms with Crippen LogP contribution in [-0.4, -0.2) is 18.3 Å². The molecular weight excluding hydrogens is 264 g/mol. The lowest BCUT2D eigenvalue weighted by molar-refractivity contribution is 0.0316. The summed E-state index contributed by atoms with van der Waals surface area (Å²) in [4.78, 5) is 0. The van der Waals surface area contributed by atoms with Gasteiger partial charge in [-0.2, -0.15) is 0 Å². The molecule has 2 rings (SSSR count). The topological polar surface area (TPSA) is 38.7 Å². The molecule has 3 heteroatoms. The summed E-state index contributed by atoms with van der Waals surface area (Å²) in [6.07, 6.45) is -0.279. The van der Waals surface area contributed by atoms with Crippen molar-refractivity contribution < 1.29 is 14.6 Å². The molecule has 0 saturated heterocycles. The third-order valence-corrected chi connectivity index (χ3v) is 3.49. The lowest BCUT2D eigenvalue weighted by Crippen LogP contribution is -2.24. The van der Waals surface area contributed by atoms with E-state index in [2.05, 4.69) is 0 Å². The van der Waals surface area contributed by atoms with Crippen LogP contribution in [0.15, 0.2) is 48.5 Å². The average Bonchev–Trinajstić information content (AvgIpc) is 2.53. The van der Waals surface area contributed by atoms with E-state index in [9.17, 15) is 5.11 Å². The molecular formula is C18H22O3. The fourth-order valence-electron chi connectivity index (χ4n) is 2.27. The van der Waals surface area contributed by atoms with Crippen molar-refractivity contribution >= 4 is 0 Å². The number of aliphatic hydroxyl groups is 1. The van der Waals surface area contributed by atoms with Crippen molar-refractivity contribution in [2.24, 2.45) is 0 Å². The van der Waals surface area contributed by atoms with E-state index in [1.807, 2.05) is 62.4 Å². The first-order chi connectivity index (χ1) is 10.2. The highest BCUT2D eigenvalue weighted by Gasteiger charge is 2.22. The second-order valence-corrected chi connectivity index (χ2v) is 5.07. The molecule has 2 aromatic carbocycles. The van der Waals surface area contributed by atoms with Crippen LogP contribution in [0.2, 0.25) is 0 Å². The fraction of sp³-hybridized carbons (Fsp3) is 0.333. The number of aliphatic hydroxyl groups excluding tert-OH is 1. The highest BCUT2D eigenvalue weighted by Crippen LogP contribution is 2.31. The summed E-state index contributed by atoms with van der Waals surface area (Å²) in [5, 5.41) is 10.5. The summed E-state index contributed by atoms with van der Waals surface area (Å²) in [7, 11) is 1.62. The Hall–Kier alpha value is -2.00. The van der Waals surface area contributed by atoms with Crippen molar-refractivity contribution in [2.75, 3.05) is 7.11 Å². The second kappa shape index (κ2) is 7.14. The Labute approximate surface area is 126 Å². The van der Waals surface area contributed by atoms with E-state index in [0.717, 1.165) is 11.1 Å². The Kier molecular flexibility index (Phi) is 5.23. The van der Waals surface area contributed by atoms with Crippen LogP contribution in [0.4, 0.5) is 0 Å². The van der Waals surface area contributed by atoms with E-state index in [0.29, 0.717) is 17.9 Å². The van der Waals surface area contributed by atoms with Crippen molar-refractivity contribution in [1.29, 1.82) is 0 Å². The van der Waals surface area contributed by atoms with Crippen molar-refractivity contribution in [3.63, 3.8) is 0 Å². The van der Waals surface area contributed by atoms with Crippen LogP contribution < -0.4 is 9.47 Å². The lowest BCUT2D eigenvalue weighted by Gasteiger charge is -2.24. The number of rotatable bonds is 6. The van der Waals surface area contributed by atoms with Gasteiger partial charge in [0.25, 0.3) is 0 Å². The predicted octanol–water partition coefficient (Wildman–Crippen LogP) is 3.89. The van der Waals surface area contributed by atoms with Gasteiger partial charge in [-0.15, -0.1) is 0 Å². The first kappa shape index (κ1) is 15.4. The minimum atomic E-state index is -0.665. The molecule has 21 heavy (non-hydrogen) atoms. The van der Waals surface area contributed by atoms with E-state index in [1.165, 1.54) is 0 Å². The van der Waals surface area contributed by atoms with Gasteiger partial charge in [0.2, 0.25) is 0 Å². The van der Waals surface area contributed by atoms with Crippen LogP contribution in [0.25, 0.3) is 0 Å². The Morgan fingerprint density at radius 3 is 2.38 bits per heavy atom. The van der Waals surface area contributed by atoms with Crippen molar-refractivity contribution in [3.05, 3.63) is 59.7 Å². The molecule has 0 spiro atoms. The number of aryl methyl sites for hydroxylation is 1. The van der Waals surface area contributed by atoms with Gasteiger partial charge in [0.15, 0.2) is 11.5 Å². The molecule has 2 aromatic rings. The zero-order chi connectivity index (χ0) is 15.2. The molecule has 0 aliphatic heterocycles. The Balaban J connectivity index is 2.19. The Morgan fingerprint density at radius 1 is 1.05 bits per heavy atom. The van der Waals surface area contributed by atoms with Gasteiger partial charge in [-0.3, -0.25) is 0 Å². The van der Waals surface area contributed by atoms with Gasteiger partial charge in [-0.25, -0.2) is 0 Å². The summed E-state index contributed by atoms with van der Waals surface area (Å²) < 4.78 is 11.3.